The number of para-hydroxylation sites is 1. The summed E-state index contributed by atoms with van der Waals surface area (Å²) >= 11 is 6.39. The van der Waals surface area contributed by atoms with Crippen LogP contribution < -0.4 is 15.5 Å². The lowest BCUT2D eigenvalue weighted by Crippen LogP contribution is -2.67. The second kappa shape index (κ2) is 10.4. The summed E-state index contributed by atoms with van der Waals surface area (Å²) in [4.78, 5) is 34.5. The molecule has 0 radical (unpaired) electrons. The molecule has 0 saturated carbocycles. The number of anilines is 1. The molecule has 34 heavy (non-hydrogen) atoms. The zero-order valence-corrected chi connectivity index (χ0v) is 20.9. The fourth-order valence-electron chi connectivity index (χ4n) is 5.19. The number of nitrogens with one attached hydrogen (secondary N) is 2. The van der Waals surface area contributed by atoms with Crippen LogP contribution >= 0.6 is 11.6 Å². The van der Waals surface area contributed by atoms with E-state index in [1.54, 1.807) is 17.3 Å². The molecule has 0 spiro atoms. The first-order valence-electron chi connectivity index (χ1n) is 12.0. The highest BCUT2D eigenvalue weighted by atomic mass is 35.5. The highest BCUT2D eigenvalue weighted by Crippen LogP contribution is 2.33. The second-order valence-corrected chi connectivity index (χ2v) is 10.3. The van der Waals surface area contributed by atoms with Crippen LogP contribution in [-0.4, -0.2) is 59.5 Å². The normalized spacial score (nSPS) is 24.0. The van der Waals surface area contributed by atoms with Gasteiger partial charge in [-0.1, -0.05) is 30.7 Å². The number of halogens is 1. The maximum Gasteiger partial charge on any atom is 0.241 e. The highest BCUT2D eigenvalue weighted by molar-refractivity contribution is 6.33. The summed E-state index contributed by atoms with van der Waals surface area (Å²) in [5.74, 6) is -0.0652. The molecule has 0 unspecified atom stereocenters. The Morgan fingerprint density at radius 3 is 2.68 bits per heavy atom. The number of piperidine rings is 1. The molecule has 2 amide bonds. The van der Waals surface area contributed by atoms with Gasteiger partial charge in [0.15, 0.2) is 0 Å². The van der Waals surface area contributed by atoms with Crippen molar-refractivity contribution >= 4 is 29.1 Å². The Hall–Kier alpha value is -2.48. The third-order valence-electron chi connectivity index (χ3n) is 7.04. The highest BCUT2D eigenvalue weighted by Gasteiger charge is 2.44. The third kappa shape index (κ3) is 5.27. The van der Waals surface area contributed by atoms with Gasteiger partial charge in [0.2, 0.25) is 11.8 Å². The molecule has 2 aliphatic heterocycles. The monoisotopic (exact) mass is 483 g/mol. The van der Waals surface area contributed by atoms with E-state index < -0.39 is 0 Å². The minimum atomic E-state index is -0.263. The smallest absolute Gasteiger partial charge is 0.241 e. The topological polar surface area (TPSA) is 77.6 Å². The van der Waals surface area contributed by atoms with E-state index in [4.69, 9.17) is 11.6 Å². The Morgan fingerprint density at radius 1 is 1.24 bits per heavy atom. The number of carbonyl (C=O) groups excluding carboxylic acids is 2. The quantitative estimate of drug-likeness (QED) is 0.658. The van der Waals surface area contributed by atoms with Gasteiger partial charge in [0.1, 0.15) is 0 Å². The summed E-state index contributed by atoms with van der Waals surface area (Å²) < 4.78 is 0. The number of pyridine rings is 1. The van der Waals surface area contributed by atoms with Gasteiger partial charge in [-0.25, -0.2) is 0 Å². The van der Waals surface area contributed by atoms with Crippen LogP contribution in [0.2, 0.25) is 5.02 Å². The lowest BCUT2D eigenvalue weighted by molar-refractivity contribution is -0.129. The predicted molar refractivity (Wildman–Crippen MR) is 135 cm³/mol. The van der Waals surface area contributed by atoms with Crippen molar-refractivity contribution in [3.8, 4) is 0 Å². The number of aromatic nitrogens is 1. The van der Waals surface area contributed by atoms with Crippen LogP contribution in [0.3, 0.4) is 0 Å². The van der Waals surface area contributed by atoms with Crippen LogP contribution in [0.4, 0.5) is 5.69 Å². The van der Waals surface area contributed by atoms with Gasteiger partial charge in [-0.3, -0.25) is 19.5 Å². The minimum absolute atomic E-state index is 0.0303. The Bertz CT molecular complexity index is 1020. The number of amides is 2. The van der Waals surface area contributed by atoms with E-state index in [9.17, 15) is 9.59 Å². The van der Waals surface area contributed by atoms with Crippen molar-refractivity contribution in [1.82, 2.24) is 20.5 Å². The molecule has 182 valence electrons. The molecule has 2 fully saturated rings. The zero-order chi connectivity index (χ0) is 24.3. The van der Waals surface area contributed by atoms with Crippen LogP contribution in [0.1, 0.15) is 45.2 Å². The molecule has 3 heterocycles. The summed E-state index contributed by atoms with van der Waals surface area (Å²) in [7, 11) is 0. The molecule has 3 atom stereocenters. The van der Waals surface area contributed by atoms with Crippen LogP contribution in [-0.2, 0) is 9.59 Å². The van der Waals surface area contributed by atoms with Gasteiger partial charge in [0.25, 0.3) is 0 Å². The van der Waals surface area contributed by atoms with Crippen molar-refractivity contribution in [2.24, 2.45) is 5.92 Å². The van der Waals surface area contributed by atoms with Crippen LogP contribution in [0.15, 0.2) is 48.8 Å². The molecule has 2 saturated heterocycles. The molecule has 4 rings (SSSR count). The molecule has 7 nitrogen and oxygen atoms in total. The SMILES string of the molecule is CC[C@@H](NC(=O)[C@@H]1CNC[C@H](N2CC(=O)N(c3ccccc3Cl)CC2(C)C)C1)c1ccncc1. The number of rotatable bonds is 6. The number of hydrogen-bond acceptors (Lipinski definition) is 5. The van der Waals surface area contributed by atoms with Gasteiger partial charge in [-0.05, 0) is 56.5 Å². The lowest BCUT2D eigenvalue weighted by atomic mass is 9.88. The summed E-state index contributed by atoms with van der Waals surface area (Å²) in [6, 6.07) is 11.4. The molecule has 2 N–H and O–H groups in total. The average molecular weight is 484 g/mol. The first-order chi connectivity index (χ1) is 16.3. The van der Waals surface area contributed by atoms with E-state index in [1.165, 1.54) is 0 Å². The third-order valence-corrected chi connectivity index (χ3v) is 7.36. The molecule has 8 heteroatoms. The van der Waals surface area contributed by atoms with Crippen molar-refractivity contribution < 1.29 is 9.59 Å². The van der Waals surface area contributed by atoms with Crippen LogP contribution in [0.25, 0.3) is 0 Å². The molecular formula is C26H34ClN5O2. The van der Waals surface area contributed by atoms with Gasteiger partial charge < -0.3 is 15.5 Å². The summed E-state index contributed by atoms with van der Waals surface area (Å²) in [6.45, 7) is 8.63. The summed E-state index contributed by atoms with van der Waals surface area (Å²) in [5, 5.41) is 7.25. The average Bonchev–Trinajstić information content (AvgIpc) is 2.84. The zero-order valence-electron chi connectivity index (χ0n) is 20.1. The van der Waals surface area contributed by atoms with E-state index in [0.29, 0.717) is 31.1 Å². The van der Waals surface area contributed by atoms with Gasteiger partial charge in [-0.2, -0.15) is 0 Å². The van der Waals surface area contributed by atoms with Crippen molar-refractivity contribution in [3.05, 3.63) is 59.4 Å². The van der Waals surface area contributed by atoms with E-state index >= 15 is 0 Å². The van der Waals surface area contributed by atoms with Gasteiger partial charge in [-0.15, -0.1) is 0 Å². The van der Waals surface area contributed by atoms with Gasteiger partial charge in [0.05, 0.1) is 29.2 Å². The number of piperazine rings is 1. The fraction of sp³-hybridized carbons (Fsp3) is 0.500. The van der Waals surface area contributed by atoms with Crippen molar-refractivity contribution in [3.63, 3.8) is 0 Å². The Morgan fingerprint density at radius 2 is 1.97 bits per heavy atom. The van der Waals surface area contributed by atoms with Gasteiger partial charge in [0, 0.05) is 43.6 Å². The Balaban J connectivity index is 1.44. The standard InChI is InChI=1S/C26H34ClN5O2/c1-4-22(18-9-11-28-12-10-18)30-25(34)19-13-20(15-29-14-19)32-16-24(33)31(17-26(32,2)3)23-8-6-5-7-21(23)27/h5-12,19-20,22,29H,4,13-17H2,1-3H3,(H,30,34)/t19-,20+,22+/m0/s1. The molecule has 0 bridgehead atoms. The molecule has 2 aliphatic rings. The largest absolute Gasteiger partial charge is 0.349 e. The summed E-state index contributed by atoms with van der Waals surface area (Å²) in [5.41, 5.74) is 1.55. The molecule has 1 aromatic heterocycles. The van der Waals surface area contributed by atoms with E-state index in [-0.39, 0.29) is 35.4 Å². The first-order valence-corrected chi connectivity index (χ1v) is 12.4. The Kier molecular flexibility index (Phi) is 7.55. The van der Waals surface area contributed by atoms with E-state index in [2.05, 4.69) is 41.3 Å². The number of hydrogen-bond donors (Lipinski definition) is 2. The minimum Gasteiger partial charge on any atom is -0.349 e. The molecular weight excluding hydrogens is 450 g/mol. The summed E-state index contributed by atoms with van der Waals surface area (Å²) in [6.07, 6.45) is 5.03. The van der Waals surface area contributed by atoms with E-state index in [0.717, 1.165) is 24.2 Å². The number of carbonyl (C=O) groups is 2. The predicted octanol–water partition coefficient (Wildman–Crippen LogP) is 3.41. The number of nitrogens with zero attached hydrogens (tertiary/aromatic N) is 3. The van der Waals surface area contributed by atoms with Crippen LogP contribution in [0, 0.1) is 5.92 Å². The molecule has 2 aromatic rings. The molecule has 1 aromatic carbocycles. The molecule has 0 aliphatic carbocycles. The fourth-order valence-corrected chi connectivity index (χ4v) is 5.43. The van der Waals surface area contributed by atoms with Crippen molar-refractivity contribution in [1.29, 1.82) is 0 Å². The van der Waals surface area contributed by atoms with Crippen molar-refractivity contribution in [2.75, 3.05) is 31.1 Å². The second-order valence-electron chi connectivity index (χ2n) is 9.87. The van der Waals surface area contributed by atoms with Gasteiger partial charge >= 0.3 is 0 Å². The first kappa shape index (κ1) is 24.6. The van der Waals surface area contributed by atoms with Crippen LogP contribution in [0.5, 0.6) is 0 Å². The van der Waals surface area contributed by atoms with E-state index in [1.807, 2.05) is 36.4 Å². The lowest BCUT2D eigenvalue weighted by Gasteiger charge is -2.51. The number of benzene rings is 1. The maximum absolute atomic E-state index is 13.2. The Labute approximate surface area is 206 Å². The van der Waals surface area contributed by atoms with Crippen molar-refractivity contribution in [2.45, 2.75) is 51.2 Å². The maximum atomic E-state index is 13.2.